The molecule has 4 rings (SSSR count). The van der Waals surface area contributed by atoms with Crippen molar-refractivity contribution < 1.29 is 14.6 Å². The molecule has 3 fully saturated rings. The molecule has 0 saturated heterocycles. The van der Waals surface area contributed by atoms with Crippen LogP contribution < -0.4 is 0 Å². The predicted octanol–water partition coefficient (Wildman–Crippen LogP) is 9.06. The molecule has 0 aromatic heterocycles. The van der Waals surface area contributed by atoms with Crippen LogP contribution in [0.1, 0.15) is 131 Å². The van der Waals surface area contributed by atoms with Gasteiger partial charge in [0.1, 0.15) is 0 Å². The second kappa shape index (κ2) is 11.9. The molecule has 8 atom stereocenters. The summed E-state index contributed by atoms with van der Waals surface area (Å²) in [7, 11) is 0. The summed E-state index contributed by atoms with van der Waals surface area (Å²) >= 11 is 0. The van der Waals surface area contributed by atoms with Crippen molar-refractivity contribution >= 4 is 5.97 Å². The Labute approximate surface area is 222 Å². The molecular formula is C33H56O3. The Morgan fingerprint density at radius 2 is 1.81 bits per heavy atom. The average Bonchev–Trinajstić information content (AvgIpc) is 3.18. The van der Waals surface area contributed by atoms with Gasteiger partial charge in [-0.15, -0.1) is 0 Å². The molecule has 0 spiro atoms. The lowest BCUT2D eigenvalue weighted by atomic mass is 9.47. The second-order valence-electron chi connectivity index (χ2n) is 14.2. The zero-order chi connectivity index (χ0) is 25.9. The SMILES string of the molecule is CC(C)CCC[C@@H](C)[C@H]1CC[C@H]2[C@@H]3CC=C4C[C@@H](OCCCCCC(=O)O)CC[C@]4(C)[C@H]3CC[C@]12C. The third-order valence-electron chi connectivity index (χ3n) is 11.6. The largest absolute Gasteiger partial charge is 0.481 e. The van der Waals surface area contributed by atoms with Crippen LogP contribution >= 0.6 is 0 Å². The van der Waals surface area contributed by atoms with Crippen LogP contribution in [0.4, 0.5) is 0 Å². The van der Waals surface area contributed by atoms with Gasteiger partial charge in [0.05, 0.1) is 6.10 Å². The number of allylic oxidation sites excluding steroid dienone is 1. The van der Waals surface area contributed by atoms with Gasteiger partial charge in [-0.1, -0.05) is 72.0 Å². The van der Waals surface area contributed by atoms with E-state index in [1.807, 2.05) is 0 Å². The Hall–Kier alpha value is -0.830. The van der Waals surface area contributed by atoms with Crippen molar-refractivity contribution in [3.05, 3.63) is 11.6 Å². The molecule has 0 amide bonds. The molecule has 3 saturated carbocycles. The van der Waals surface area contributed by atoms with E-state index < -0.39 is 5.97 Å². The van der Waals surface area contributed by atoms with Gasteiger partial charge in [0.15, 0.2) is 0 Å². The van der Waals surface area contributed by atoms with Gasteiger partial charge in [-0.2, -0.15) is 0 Å². The van der Waals surface area contributed by atoms with Gasteiger partial charge >= 0.3 is 5.97 Å². The van der Waals surface area contributed by atoms with Crippen molar-refractivity contribution in [2.75, 3.05) is 6.61 Å². The predicted molar refractivity (Wildman–Crippen MR) is 149 cm³/mol. The van der Waals surface area contributed by atoms with Crippen LogP contribution in [-0.2, 0) is 9.53 Å². The smallest absolute Gasteiger partial charge is 0.303 e. The summed E-state index contributed by atoms with van der Waals surface area (Å²) in [6, 6.07) is 0. The van der Waals surface area contributed by atoms with E-state index in [1.54, 1.807) is 5.57 Å². The topological polar surface area (TPSA) is 46.5 Å². The lowest BCUT2D eigenvalue weighted by molar-refractivity contribution is -0.137. The van der Waals surface area contributed by atoms with E-state index in [0.717, 1.165) is 67.8 Å². The van der Waals surface area contributed by atoms with Crippen LogP contribution in [0.2, 0.25) is 0 Å². The fraction of sp³-hybridized carbons (Fsp3) is 0.909. The third kappa shape index (κ3) is 5.92. The number of hydrogen-bond acceptors (Lipinski definition) is 2. The molecular weight excluding hydrogens is 444 g/mol. The monoisotopic (exact) mass is 500 g/mol. The maximum Gasteiger partial charge on any atom is 0.303 e. The number of aliphatic carboxylic acids is 1. The van der Waals surface area contributed by atoms with Crippen molar-refractivity contribution in [3.8, 4) is 0 Å². The summed E-state index contributed by atoms with van der Waals surface area (Å²) < 4.78 is 6.30. The normalized spacial score (nSPS) is 38.7. The van der Waals surface area contributed by atoms with Crippen molar-refractivity contribution in [1.82, 2.24) is 0 Å². The van der Waals surface area contributed by atoms with Gasteiger partial charge in [-0.25, -0.2) is 0 Å². The van der Waals surface area contributed by atoms with Gasteiger partial charge in [0.2, 0.25) is 0 Å². The van der Waals surface area contributed by atoms with Crippen molar-refractivity contribution in [2.45, 2.75) is 137 Å². The highest BCUT2D eigenvalue weighted by Gasteiger charge is 2.59. The average molecular weight is 501 g/mol. The molecule has 0 bridgehead atoms. The van der Waals surface area contributed by atoms with Crippen molar-refractivity contribution in [1.29, 1.82) is 0 Å². The molecule has 0 heterocycles. The van der Waals surface area contributed by atoms with Crippen LogP contribution in [0.3, 0.4) is 0 Å². The van der Waals surface area contributed by atoms with Crippen molar-refractivity contribution in [3.63, 3.8) is 0 Å². The highest BCUT2D eigenvalue weighted by molar-refractivity contribution is 5.66. The molecule has 0 radical (unpaired) electrons. The quantitative estimate of drug-likeness (QED) is 0.215. The van der Waals surface area contributed by atoms with Crippen molar-refractivity contribution in [2.24, 2.45) is 46.3 Å². The minimum absolute atomic E-state index is 0.287. The zero-order valence-corrected chi connectivity index (χ0v) is 24.2. The van der Waals surface area contributed by atoms with Crippen LogP contribution in [0.15, 0.2) is 11.6 Å². The first-order valence-corrected chi connectivity index (χ1v) is 15.7. The number of ether oxygens (including phenoxy) is 1. The molecule has 0 unspecified atom stereocenters. The highest BCUT2D eigenvalue weighted by atomic mass is 16.5. The zero-order valence-electron chi connectivity index (χ0n) is 24.2. The number of fused-ring (bicyclic) bond motifs is 5. The molecule has 4 aliphatic carbocycles. The van der Waals surface area contributed by atoms with E-state index in [-0.39, 0.29) is 6.42 Å². The molecule has 3 heteroatoms. The summed E-state index contributed by atoms with van der Waals surface area (Å²) in [6.07, 6.45) is 21.1. The number of carbonyl (C=O) groups is 1. The first-order chi connectivity index (χ1) is 17.1. The fourth-order valence-corrected chi connectivity index (χ4v) is 9.60. The second-order valence-corrected chi connectivity index (χ2v) is 14.2. The van der Waals surface area contributed by atoms with Gasteiger partial charge in [0, 0.05) is 13.0 Å². The first kappa shape index (κ1) is 28.2. The Morgan fingerprint density at radius 1 is 1.00 bits per heavy atom. The fourth-order valence-electron chi connectivity index (χ4n) is 9.60. The van der Waals surface area contributed by atoms with Gasteiger partial charge in [-0.05, 0) is 111 Å². The molecule has 0 aliphatic heterocycles. The highest BCUT2D eigenvalue weighted by Crippen LogP contribution is 2.67. The number of carboxylic acids is 1. The van der Waals surface area contributed by atoms with Gasteiger partial charge in [0.25, 0.3) is 0 Å². The molecule has 0 aromatic carbocycles. The third-order valence-corrected chi connectivity index (χ3v) is 11.6. The standard InChI is InChI=1S/C33H56O3/c1-23(2)10-9-11-24(3)28-15-16-29-27-14-13-25-22-26(36-21-8-6-7-12-31(34)35)17-19-32(25,4)30(27)18-20-33(28,29)5/h13,23-24,26-30H,6-12,14-22H2,1-5H3,(H,34,35)/t24-,26+,27+,28-,29+,30+,32+,33-/m1/s1. The van der Waals surface area contributed by atoms with E-state index in [4.69, 9.17) is 9.84 Å². The molecule has 3 nitrogen and oxygen atoms in total. The lowest BCUT2D eigenvalue weighted by Crippen LogP contribution is -2.51. The van der Waals surface area contributed by atoms with Gasteiger partial charge in [-0.3, -0.25) is 4.79 Å². The first-order valence-electron chi connectivity index (χ1n) is 15.7. The summed E-state index contributed by atoms with van der Waals surface area (Å²) in [5, 5.41) is 8.80. The summed E-state index contributed by atoms with van der Waals surface area (Å²) in [6.45, 7) is 13.4. The summed E-state index contributed by atoms with van der Waals surface area (Å²) in [5.74, 6) is 4.69. The Balaban J connectivity index is 1.33. The molecule has 36 heavy (non-hydrogen) atoms. The number of hydrogen-bond donors (Lipinski definition) is 1. The number of carboxylic acid groups (broad SMARTS) is 1. The Morgan fingerprint density at radius 3 is 2.56 bits per heavy atom. The summed E-state index contributed by atoms with van der Waals surface area (Å²) in [5.41, 5.74) is 2.68. The summed E-state index contributed by atoms with van der Waals surface area (Å²) in [4.78, 5) is 10.7. The van der Waals surface area contributed by atoms with Crippen LogP contribution in [0.25, 0.3) is 0 Å². The maximum absolute atomic E-state index is 10.7. The van der Waals surface area contributed by atoms with Crippen LogP contribution in [0, 0.1) is 46.3 Å². The van der Waals surface area contributed by atoms with Crippen LogP contribution in [0.5, 0.6) is 0 Å². The maximum atomic E-state index is 10.7. The molecule has 206 valence electrons. The molecule has 4 aliphatic rings. The van der Waals surface area contributed by atoms with Crippen LogP contribution in [-0.4, -0.2) is 23.8 Å². The van der Waals surface area contributed by atoms with E-state index in [9.17, 15) is 4.79 Å². The number of unbranched alkanes of at least 4 members (excludes halogenated alkanes) is 2. The Bertz CT molecular complexity index is 771. The van der Waals surface area contributed by atoms with E-state index in [1.165, 1.54) is 64.2 Å². The lowest BCUT2D eigenvalue weighted by Gasteiger charge is -2.58. The van der Waals surface area contributed by atoms with Gasteiger partial charge < -0.3 is 9.84 Å². The minimum atomic E-state index is -0.683. The van der Waals surface area contributed by atoms with E-state index in [2.05, 4.69) is 40.7 Å². The molecule has 0 aromatic rings. The van der Waals surface area contributed by atoms with E-state index >= 15 is 0 Å². The minimum Gasteiger partial charge on any atom is -0.481 e. The number of rotatable bonds is 12. The Kier molecular flexibility index (Phi) is 9.33. The molecule has 1 N–H and O–H groups in total. The van der Waals surface area contributed by atoms with E-state index in [0.29, 0.717) is 16.9 Å².